The number of rotatable bonds is 2. The van der Waals surface area contributed by atoms with Gasteiger partial charge < -0.3 is 10.2 Å². The molecule has 0 saturated carbocycles. The maximum Gasteiger partial charge on any atom is 0.340 e. The van der Waals surface area contributed by atoms with E-state index >= 15 is 0 Å². The number of aliphatic carboxylic acids is 1. The van der Waals surface area contributed by atoms with Gasteiger partial charge >= 0.3 is 5.97 Å². The Morgan fingerprint density at radius 3 is 2.67 bits per heavy atom. The van der Waals surface area contributed by atoms with Crippen molar-refractivity contribution in [1.29, 1.82) is 0 Å². The highest BCUT2D eigenvalue weighted by Gasteiger charge is 2.33. The van der Waals surface area contributed by atoms with E-state index in [0.29, 0.717) is 4.88 Å². The van der Waals surface area contributed by atoms with E-state index < -0.39 is 11.6 Å². The van der Waals surface area contributed by atoms with E-state index in [4.69, 9.17) is 5.11 Å². The monoisotopic (exact) mass is 222 g/mol. The van der Waals surface area contributed by atoms with Gasteiger partial charge in [0.1, 0.15) is 0 Å². The van der Waals surface area contributed by atoms with E-state index in [-0.39, 0.29) is 0 Å². The van der Waals surface area contributed by atoms with Crippen LogP contribution >= 0.6 is 11.3 Å². The van der Waals surface area contributed by atoms with Crippen molar-refractivity contribution in [2.75, 3.05) is 0 Å². The van der Waals surface area contributed by atoms with Crippen LogP contribution in [0.25, 0.3) is 10.1 Å². The minimum atomic E-state index is -1.80. The molecule has 15 heavy (non-hydrogen) atoms. The number of hydrogen-bond acceptors (Lipinski definition) is 3. The van der Waals surface area contributed by atoms with E-state index in [2.05, 4.69) is 0 Å². The summed E-state index contributed by atoms with van der Waals surface area (Å²) in [5, 5.41) is 19.6. The van der Waals surface area contributed by atoms with Crippen LogP contribution in [0, 0.1) is 0 Å². The highest BCUT2D eigenvalue weighted by molar-refractivity contribution is 7.19. The second-order valence-corrected chi connectivity index (χ2v) is 4.61. The predicted molar refractivity (Wildman–Crippen MR) is 59.0 cm³/mol. The summed E-state index contributed by atoms with van der Waals surface area (Å²) in [7, 11) is 0. The molecular formula is C11H10O3S. The van der Waals surface area contributed by atoms with Gasteiger partial charge in [0.25, 0.3) is 0 Å². The number of benzene rings is 1. The molecule has 0 spiro atoms. The molecule has 0 amide bonds. The van der Waals surface area contributed by atoms with Gasteiger partial charge in [0.15, 0.2) is 5.60 Å². The summed E-state index contributed by atoms with van der Waals surface area (Å²) in [6, 6.07) is 9.29. The van der Waals surface area contributed by atoms with Crippen LogP contribution in [0.4, 0.5) is 0 Å². The third-order valence-corrected chi connectivity index (χ3v) is 3.65. The lowest BCUT2D eigenvalue weighted by Gasteiger charge is -2.14. The second kappa shape index (κ2) is 3.32. The Hall–Kier alpha value is -1.39. The minimum absolute atomic E-state index is 0.455. The summed E-state index contributed by atoms with van der Waals surface area (Å²) in [5.74, 6) is -1.23. The van der Waals surface area contributed by atoms with Crippen LogP contribution in [-0.2, 0) is 10.4 Å². The number of carboxylic acid groups (broad SMARTS) is 1. The Morgan fingerprint density at radius 1 is 1.40 bits per heavy atom. The largest absolute Gasteiger partial charge is 0.479 e. The molecular weight excluding hydrogens is 212 g/mol. The van der Waals surface area contributed by atoms with E-state index in [0.717, 1.165) is 10.1 Å². The number of hydrogen-bond donors (Lipinski definition) is 2. The lowest BCUT2D eigenvalue weighted by Crippen LogP contribution is -2.30. The van der Waals surface area contributed by atoms with Crippen molar-refractivity contribution < 1.29 is 15.0 Å². The van der Waals surface area contributed by atoms with Crippen molar-refractivity contribution in [3.05, 3.63) is 35.2 Å². The number of carboxylic acids is 1. The van der Waals surface area contributed by atoms with Crippen LogP contribution in [0.15, 0.2) is 30.3 Å². The van der Waals surface area contributed by atoms with Crippen LogP contribution in [0.1, 0.15) is 11.8 Å². The molecule has 0 unspecified atom stereocenters. The quantitative estimate of drug-likeness (QED) is 0.818. The van der Waals surface area contributed by atoms with E-state index in [1.807, 2.05) is 24.3 Å². The summed E-state index contributed by atoms with van der Waals surface area (Å²) in [4.78, 5) is 11.3. The second-order valence-electron chi connectivity index (χ2n) is 3.53. The Kier molecular flexibility index (Phi) is 2.25. The lowest BCUT2D eigenvalue weighted by molar-refractivity contribution is -0.157. The summed E-state index contributed by atoms with van der Waals surface area (Å²) >= 11 is 1.30. The van der Waals surface area contributed by atoms with Crippen LogP contribution in [0.5, 0.6) is 0 Å². The fourth-order valence-corrected chi connectivity index (χ4v) is 2.43. The van der Waals surface area contributed by atoms with Gasteiger partial charge in [-0.1, -0.05) is 18.2 Å². The molecule has 0 saturated heterocycles. The first-order valence-electron chi connectivity index (χ1n) is 4.46. The average molecular weight is 222 g/mol. The van der Waals surface area contributed by atoms with Crippen molar-refractivity contribution in [3.8, 4) is 0 Å². The molecule has 1 aromatic heterocycles. The molecule has 0 aliphatic heterocycles. The van der Waals surface area contributed by atoms with Crippen LogP contribution in [0.2, 0.25) is 0 Å². The predicted octanol–water partition coefficient (Wildman–Crippen LogP) is 2.19. The Bertz CT molecular complexity index is 480. The SMILES string of the molecule is C[C@@](O)(C(=O)O)c1cc2ccccc2s1. The molecule has 3 nitrogen and oxygen atoms in total. The lowest BCUT2D eigenvalue weighted by atomic mass is 10.1. The molecule has 2 aromatic rings. The summed E-state index contributed by atoms with van der Waals surface area (Å²) in [6.45, 7) is 1.29. The van der Waals surface area contributed by atoms with Crippen LogP contribution in [-0.4, -0.2) is 16.2 Å². The molecule has 78 valence electrons. The van der Waals surface area contributed by atoms with Crippen molar-refractivity contribution >= 4 is 27.4 Å². The summed E-state index contributed by atoms with van der Waals surface area (Å²) < 4.78 is 0.981. The Balaban J connectivity index is 2.58. The molecule has 1 atom stereocenters. The van der Waals surface area contributed by atoms with E-state index in [1.54, 1.807) is 6.07 Å². The van der Waals surface area contributed by atoms with Gasteiger partial charge in [-0.2, -0.15) is 0 Å². The van der Waals surface area contributed by atoms with Gasteiger partial charge in [-0.3, -0.25) is 0 Å². The van der Waals surface area contributed by atoms with Gasteiger partial charge in [0.2, 0.25) is 0 Å². The van der Waals surface area contributed by atoms with Crippen molar-refractivity contribution in [1.82, 2.24) is 0 Å². The van der Waals surface area contributed by atoms with E-state index in [9.17, 15) is 9.90 Å². The third kappa shape index (κ3) is 1.62. The Labute approximate surface area is 90.6 Å². The smallest absolute Gasteiger partial charge is 0.340 e. The molecule has 4 heteroatoms. The summed E-state index contributed by atoms with van der Waals surface area (Å²) in [6.07, 6.45) is 0. The first-order valence-corrected chi connectivity index (χ1v) is 5.28. The molecule has 0 radical (unpaired) electrons. The van der Waals surface area contributed by atoms with Gasteiger partial charge in [-0.05, 0) is 24.4 Å². The van der Waals surface area contributed by atoms with Crippen LogP contribution in [0.3, 0.4) is 0 Å². The summed E-state index contributed by atoms with van der Waals surface area (Å²) in [5.41, 5.74) is -1.80. The number of thiophene rings is 1. The Morgan fingerprint density at radius 2 is 2.07 bits per heavy atom. The zero-order valence-corrected chi connectivity index (χ0v) is 8.91. The third-order valence-electron chi connectivity index (χ3n) is 2.32. The van der Waals surface area contributed by atoms with Crippen LogP contribution < -0.4 is 0 Å². The standard InChI is InChI=1S/C11H10O3S/c1-11(14,10(12)13)9-6-7-4-2-3-5-8(7)15-9/h2-6,14H,1H3,(H,12,13)/t11-/m0/s1. The normalized spacial score (nSPS) is 15.1. The van der Waals surface area contributed by atoms with Crippen molar-refractivity contribution in [2.45, 2.75) is 12.5 Å². The molecule has 1 aromatic carbocycles. The maximum atomic E-state index is 10.9. The van der Waals surface area contributed by atoms with Gasteiger partial charge in [0.05, 0.1) is 0 Å². The highest BCUT2D eigenvalue weighted by Crippen LogP contribution is 2.33. The topological polar surface area (TPSA) is 57.5 Å². The molecule has 0 aliphatic carbocycles. The van der Waals surface area contributed by atoms with Gasteiger partial charge in [-0.15, -0.1) is 11.3 Å². The van der Waals surface area contributed by atoms with Gasteiger partial charge in [0, 0.05) is 9.58 Å². The molecule has 0 aliphatic rings. The molecule has 0 bridgehead atoms. The first-order chi connectivity index (χ1) is 7.01. The average Bonchev–Trinajstić information content (AvgIpc) is 2.61. The molecule has 1 heterocycles. The fraction of sp³-hybridized carbons (Fsp3) is 0.182. The van der Waals surface area contributed by atoms with Crippen molar-refractivity contribution in [2.24, 2.45) is 0 Å². The molecule has 0 fully saturated rings. The molecule has 2 N–H and O–H groups in total. The number of fused-ring (bicyclic) bond motifs is 1. The van der Waals surface area contributed by atoms with Crippen molar-refractivity contribution in [3.63, 3.8) is 0 Å². The fourth-order valence-electron chi connectivity index (χ4n) is 1.33. The maximum absolute atomic E-state index is 10.9. The molecule has 2 rings (SSSR count). The number of aliphatic hydroxyl groups is 1. The van der Waals surface area contributed by atoms with Gasteiger partial charge in [-0.25, -0.2) is 4.79 Å². The first kappa shape index (κ1) is 10.1. The number of carbonyl (C=O) groups is 1. The van der Waals surface area contributed by atoms with E-state index in [1.165, 1.54) is 18.3 Å². The minimum Gasteiger partial charge on any atom is -0.479 e. The highest BCUT2D eigenvalue weighted by atomic mass is 32.1. The zero-order chi connectivity index (χ0) is 11.1. The zero-order valence-electron chi connectivity index (χ0n) is 8.10.